The summed E-state index contributed by atoms with van der Waals surface area (Å²) < 4.78 is 22.1. The first-order valence-electron chi connectivity index (χ1n) is 12.1. The standard InChI is InChI=1S/C25H34N2O6/c1-30-21-10-15(11-22(31-2)24(21)32-3)25(29)33-18-7-8-26-13-16-9-17(20(26)12-18)14-27-19(16)5-4-6-23(27)28/h10-11,16-20H,4-9,12-14H2,1-3H3/t16-,17-,18-,19-,20+/m1/s1. The van der Waals surface area contributed by atoms with Crippen LogP contribution in [0.1, 0.15) is 48.9 Å². The Balaban J connectivity index is 1.28. The Hall–Kier alpha value is -2.48. The zero-order valence-corrected chi connectivity index (χ0v) is 19.7. The van der Waals surface area contributed by atoms with Crippen LogP contribution in [0.3, 0.4) is 0 Å². The first-order valence-corrected chi connectivity index (χ1v) is 12.1. The van der Waals surface area contributed by atoms with E-state index in [9.17, 15) is 9.59 Å². The minimum absolute atomic E-state index is 0.135. The highest BCUT2D eigenvalue weighted by atomic mass is 16.5. The van der Waals surface area contributed by atoms with E-state index in [0.717, 1.165) is 45.3 Å². The van der Waals surface area contributed by atoms with Gasteiger partial charge in [-0.05, 0) is 49.7 Å². The van der Waals surface area contributed by atoms with Gasteiger partial charge < -0.3 is 23.8 Å². The topological polar surface area (TPSA) is 77.5 Å². The Kier molecular flexibility index (Phi) is 6.12. The minimum atomic E-state index is -0.378. The molecule has 0 unspecified atom stereocenters. The van der Waals surface area contributed by atoms with Crippen LogP contribution in [0.2, 0.25) is 0 Å². The minimum Gasteiger partial charge on any atom is -0.493 e. The van der Waals surface area contributed by atoms with Gasteiger partial charge in [-0.2, -0.15) is 0 Å². The molecule has 0 radical (unpaired) electrons. The van der Waals surface area contributed by atoms with Crippen LogP contribution in [0.5, 0.6) is 17.2 Å². The van der Waals surface area contributed by atoms with Gasteiger partial charge in [0.1, 0.15) is 6.10 Å². The fourth-order valence-corrected chi connectivity index (χ4v) is 6.58. The molecular weight excluding hydrogens is 424 g/mol. The number of piperidine rings is 4. The quantitative estimate of drug-likeness (QED) is 0.628. The van der Waals surface area contributed by atoms with Crippen molar-refractivity contribution in [3.05, 3.63) is 17.7 Å². The second-order valence-electron chi connectivity index (χ2n) is 9.79. The Morgan fingerprint density at radius 1 is 0.939 bits per heavy atom. The van der Waals surface area contributed by atoms with Crippen LogP contribution >= 0.6 is 0 Å². The van der Waals surface area contributed by atoms with Crippen molar-refractivity contribution >= 4 is 11.9 Å². The zero-order chi connectivity index (χ0) is 23.1. The molecule has 4 aliphatic heterocycles. The molecule has 1 aromatic carbocycles. The lowest BCUT2D eigenvalue weighted by Gasteiger charge is -2.57. The average molecular weight is 459 g/mol. The lowest BCUT2D eigenvalue weighted by atomic mass is 9.70. The lowest BCUT2D eigenvalue weighted by Crippen LogP contribution is -2.65. The van der Waals surface area contributed by atoms with E-state index < -0.39 is 0 Å². The van der Waals surface area contributed by atoms with E-state index in [0.29, 0.717) is 59.1 Å². The largest absolute Gasteiger partial charge is 0.493 e. The fourth-order valence-electron chi connectivity index (χ4n) is 6.58. The third kappa shape index (κ3) is 4.03. The normalized spacial score (nSPS) is 31.3. The number of nitrogens with zero attached hydrogens (tertiary/aromatic N) is 2. The Bertz CT molecular complexity index is 895. The van der Waals surface area contributed by atoms with E-state index in [1.807, 2.05) is 0 Å². The van der Waals surface area contributed by atoms with Gasteiger partial charge in [0, 0.05) is 44.6 Å². The Morgan fingerprint density at radius 2 is 1.67 bits per heavy atom. The van der Waals surface area contributed by atoms with Gasteiger partial charge in [0.05, 0.1) is 26.9 Å². The molecule has 33 heavy (non-hydrogen) atoms. The van der Waals surface area contributed by atoms with E-state index in [1.165, 1.54) is 27.8 Å². The Morgan fingerprint density at radius 3 is 2.36 bits per heavy atom. The maximum atomic E-state index is 13.0. The highest BCUT2D eigenvalue weighted by Crippen LogP contribution is 2.44. The Labute approximate surface area is 195 Å². The molecule has 4 saturated heterocycles. The molecule has 180 valence electrons. The summed E-state index contributed by atoms with van der Waals surface area (Å²) in [6, 6.07) is 4.06. The zero-order valence-electron chi connectivity index (χ0n) is 19.7. The lowest BCUT2D eigenvalue weighted by molar-refractivity contribution is -0.150. The van der Waals surface area contributed by atoms with Crippen molar-refractivity contribution in [2.24, 2.45) is 11.8 Å². The van der Waals surface area contributed by atoms with E-state index in [2.05, 4.69) is 9.80 Å². The van der Waals surface area contributed by atoms with Gasteiger partial charge in [-0.25, -0.2) is 4.79 Å². The number of hydrogen-bond acceptors (Lipinski definition) is 7. The molecule has 2 bridgehead atoms. The number of methoxy groups -OCH3 is 3. The molecule has 0 saturated carbocycles. The molecular formula is C25H34N2O6. The SMILES string of the molecule is COc1cc(C(=O)O[C@@H]2CCN3C[C@H]4C[C@H](CN5C(=O)CCC[C@H]45)[C@@H]3C2)cc(OC)c1OC. The van der Waals surface area contributed by atoms with Gasteiger partial charge in [-0.1, -0.05) is 0 Å². The van der Waals surface area contributed by atoms with Crippen molar-refractivity contribution in [3.8, 4) is 17.2 Å². The summed E-state index contributed by atoms with van der Waals surface area (Å²) in [5, 5.41) is 0. The van der Waals surface area contributed by atoms with Gasteiger partial charge >= 0.3 is 5.97 Å². The number of benzene rings is 1. The van der Waals surface area contributed by atoms with Crippen molar-refractivity contribution in [1.82, 2.24) is 9.80 Å². The van der Waals surface area contributed by atoms with Crippen LogP contribution in [0, 0.1) is 11.8 Å². The van der Waals surface area contributed by atoms with Gasteiger partial charge in [-0.3, -0.25) is 9.69 Å². The van der Waals surface area contributed by atoms with E-state index >= 15 is 0 Å². The van der Waals surface area contributed by atoms with Gasteiger partial charge in [-0.15, -0.1) is 0 Å². The number of carbonyl (C=O) groups is 2. The van der Waals surface area contributed by atoms with E-state index in [-0.39, 0.29) is 12.1 Å². The summed E-state index contributed by atoms with van der Waals surface area (Å²) in [6.07, 6.45) is 5.58. The average Bonchev–Trinajstić information content (AvgIpc) is 2.84. The number of rotatable bonds is 5. The summed E-state index contributed by atoms with van der Waals surface area (Å²) >= 11 is 0. The maximum Gasteiger partial charge on any atom is 0.338 e. The molecule has 4 heterocycles. The summed E-state index contributed by atoms with van der Waals surface area (Å²) in [7, 11) is 4.59. The van der Waals surface area contributed by atoms with Crippen LogP contribution in [0.15, 0.2) is 12.1 Å². The number of fused-ring (bicyclic) bond motifs is 6. The molecule has 5 rings (SSSR count). The third-order valence-electron chi connectivity index (χ3n) is 8.09. The monoisotopic (exact) mass is 458 g/mol. The highest BCUT2D eigenvalue weighted by molar-refractivity contribution is 5.91. The smallest absolute Gasteiger partial charge is 0.338 e. The van der Waals surface area contributed by atoms with Gasteiger partial charge in [0.15, 0.2) is 11.5 Å². The second-order valence-corrected chi connectivity index (χ2v) is 9.79. The first-order chi connectivity index (χ1) is 16.0. The molecule has 8 nitrogen and oxygen atoms in total. The predicted octanol–water partition coefficient (Wildman–Crippen LogP) is 2.73. The molecule has 1 amide bonds. The summed E-state index contributed by atoms with van der Waals surface area (Å²) in [6.45, 7) is 2.85. The molecule has 0 N–H and O–H groups in total. The number of amides is 1. The van der Waals surface area contributed by atoms with E-state index in [1.54, 1.807) is 12.1 Å². The predicted molar refractivity (Wildman–Crippen MR) is 121 cm³/mol. The summed E-state index contributed by atoms with van der Waals surface area (Å²) in [5.74, 6) is 2.31. The third-order valence-corrected chi connectivity index (χ3v) is 8.09. The van der Waals surface area contributed by atoms with Gasteiger partial charge in [0.2, 0.25) is 11.7 Å². The highest BCUT2D eigenvalue weighted by Gasteiger charge is 2.49. The van der Waals surface area contributed by atoms with E-state index in [4.69, 9.17) is 18.9 Å². The van der Waals surface area contributed by atoms with Crippen molar-refractivity contribution in [2.75, 3.05) is 41.0 Å². The van der Waals surface area contributed by atoms with Crippen molar-refractivity contribution < 1.29 is 28.5 Å². The van der Waals surface area contributed by atoms with Crippen LogP contribution in [0.4, 0.5) is 0 Å². The second kappa shape index (κ2) is 9.05. The fraction of sp³-hybridized carbons (Fsp3) is 0.680. The summed E-state index contributed by atoms with van der Waals surface area (Å²) in [5.41, 5.74) is 0.384. The molecule has 0 aromatic heterocycles. The molecule has 0 spiro atoms. The van der Waals surface area contributed by atoms with Crippen LogP contribution in [0.25, 0.3) is 0 Å². The number of ether oxygens (including phenoxy) is 4. The van der Waals surface area contributed by atoms with Crippen LogP contribution in [-0.2, 0) is 9.53 Å². The summed E-state index contributed by atoms with van der Waals surface area (Å²) in [4.78, 5) is 30.3. The number of hydrogen-bond donors (Lipinski definition) is 0. The molecule has 8 heteroatoms. The molecule has 0 aliphatic carbocycles. The molecule has 5 atom stereocenters. The van der Waals surface area contributed by atoms with Crippen LogP contribution < -0.4 is 14.2 Å². The van der Waals surface area contributed by atoms with Gasteiger partial charge in [0.25, 0.3) is 0 Å². The molecule has 4 fully saturated rings. The van der Waals surface area contributed by atoms with Crippen molar-refractivity contribution in [2.45, 2.75) is 56.7 Å². The number of carbonyl (C=O) groups excluding carboxylic acids is 2. The maximum absolute atomic E-state index is 13.0. The van der Waals surface area contributed by atoms with Crippen LogP contribution in [-0.4, -0.2) is 80.8 Å². The van der Waals surface area contributed by atoms with Crippen molar-refractivity contribution in [1.29, 1.82) is 0 Å². The van der Waals surface area contributed by atoms with Crippen molar-refractivity contribution in [3.63, 3.8) is 0 Å². The molecule has 1 aromatic rings. The number of esters is 1. The first kappa shape index (κ1) is 22.3. The molecule has 4 aliphatic rings.